The van der Waals surface area contributed by atoms with E-state index in [9.17, 15) is 39.6 Å². The van der Waals surface area contributed by atoms with Gasteiger partial charge in [0.1, 0.15) is 0 Å². The lowest BCUT2D eigenvalue weighted by molar-refractivity contribution is -0.166. The van der Waals surface area contributed by atoms with Crippen molar-refractivity contribution in [2.45, 2.75) is 51.9 Å². The highest BCUT2D eigenvalue weighted by atomic mass is 16.5. The summed E-state index contributed by atoms with van der Waals surface area (Å²) in [7, 11) is 1.76. The van der Waals surface area contributed by atoms with Crippen molar-refractivity contribution in [2.75, 3.05) is 46.3 Å². The molecule has 0 heterocycles. The summed E-state index contributed by atoms with van der Waals surface area (Å²) in [6.07, 6.45) is 0.620. The summed E-state index contributed by atoms with van der Waals surface area (Å²) in [5, 5.41) is 38.1. The number of nitrogens with one attached hydrogen (secondary N) is 3. The Morgan fingerprint density at radius 3 is 1.38 bits per heavy atom. The number of amides is 5. The number of carbonyl (C=O) groups excluding carboxylic acids is 5. The van der Waals surface area contributed by atoms with Gasteiger partial charge in [-0.3, -0.25) is 39.6 Å². The van der Waals surface area contributed by atoms with E-state index in [1.807, 2.05) is 0 Å². The Bertz CT molecular complexity index is 663. The Morgan fingerprint density at radius 1 is 0.618 bits per heavy atom. The Kier molecular flexibility index (Phi) is 17.1. The van der Waals surface area contributed by atoms with Gasteiger partial charge in [-0.2, -0.15) is 0 Å². The predicted molar refractivity (Wildman–Crippen MR) is 118 cm³/mol. The van der Waals surface area contributed by atoms with Gasteiger partial charge in [0.25, 0.3) is 0 Å². The quantitative estimate of drug-likeness (QED) is 0.0781. The first-order valence-electron chi connectivity index (χ1n) is 11.2. The summed E-state index contributed by atoms with van der Waals surface area (Å²) in [6.45, 7) is 2.45. The third-order valence-electron chi connectivity index (χ3n) is 4.61. The molecule has 0 saturated heterocycles. The molecule has 0 aliphatic carbocycles. The van der Waals surface area contributed by atoms with E-state index < -0.39 is 29.5 Å². The molecule has 0 spiro atoms. The second-order valence-corrected chi connectivity index (χ2v) is 7.54. The van der Waals surface area contributed by atoms with Gasteiger partial charge in [-0.1, -0.05) is 0 Å². The lowest BCUT2D eigenvalue weighted by Crippen LogP contribution is -2.34. The van der Waals surface area contributed by atoms with E-state index in [1.54, 1.807) is 7.05 Å². The minimum Gasteiger partial charge on any atom is -0.356 e. The molecule has 196 valence electrons. The standard InChI is InChI=1S/C20H38N6O8/c1-16(27)24(32)13-4-11-22-17(28)7-9-20(31)26(34)15-5-12-23-18(29)6-8-19(30)25(33)14-3-10-21-2/h21,32-34H,3-15H2,1-2H3,(H,22,28)(H,23,29). The van der Waals surface area contributed by atoms with Crippen molar-refractivity contribution < 1.29 is 39.6 Å². The number of hydrogen-bond acceptors (Lipinski definition) is 9. The average molecular weight is 491 g/mol. The second-order valence-electron chi connectivity index (χ2n) is 7.54. The molecule has 0 aromatic heterocycles. The van der Waals surface area contributed by atoms with E-state index in [0.29, 0.717) is 34.6 Å². The highest BCUT2D eigenvalue weighted by Gasteiger charge is 2.15. The zero-order valence-electron chi connectivity index (χ0n) is 19.9. The largest absolute Gasteiger partial charge is 0.356 e. The van der Waals surface area contributed by atoms with Crippen LogP contribution in [0.2, 0.25) is 0 Å². The first-order chi connectivity index (χ1) is 16.1. The van der Waals surface area contributed by atoms with E-state index >= 15 is 0 Å². The predicted octanol–water partition coefficient (Wildman–Crippen LogP) is -1.16. The average Bonchev–Trinajstić information content (AvgIpc) is 2.80. The van der Waals surface area contributed by atoms with Crippen LogP contribution in [0, 0.1) is 0 Å². The highest BCUT2D eigenvalue weighted by Crippen LogP contribution is 1.99. The molecule has 0 unspecified atom stereocenters. The van der Waals surface area contributed by atoms with Crippen LogP contribution in [-0.2, 0) is 24.0 Å². The number of carbonyl (C=O) groups is 5. The Balaban J connectivity index is 3.87. The van der Waals surface area contributed by atoms with E-state index in [-0.39, 0.29) is 64.8 Å². The normalized spacial score (nSPS) is 10.4. The number of hydroxylamine groups is 6. The molecule has 0 fully saturated rings. The SMILES string of the molecule is CNCCCN(O)C(=O)CCC(=O)NCCCN(O)C(=O)CCC(=O)NCCCN(O)C(C)=O. The molecular weight excluding hydrogens is 452 g/mol. The van der Waals surface area contributed by atoms with E-state index in [1.165, 1.54) is 6.92 Å². The fourth-order valence-corrected chi connectivity index (χ4v) is 2.60. The fourth-order valence-electron chi connectivity index (χ4n) is 2.60. The van der Waals surface area contributed by atoms with Crippen LogP contribution in [0.5, 0.6) is 0 Å². The summed E-state index contributed by atoms with van der Waals surface area (Å²) in [4.78, 5) is 57.9. The van der Waals surface area contributed by atoms with Crippen molar-refractivity contribution >= 4 is 29.5 Å². The molecule has 0 aliphatic rings. The third-order valence-corrected chi connectivity index (χ3v) is 4.61. The molecule has 0 rings (SSSR count). The molecular formula is C20H38N6O8. The third kappa shape index (κ3) is 15.9. The van der Waals surface area contributed by atoms with Crippen LogP contribution in [0.25, 0.3) is 0 Å². The minimum absolute atomic E-state index is 0.0487. The van der Waals surface area contributed by atoms with Gasteiger partial charge >= 0.3 is 0 Å². The van der Waals surface area contributed by atoms with Gasteiger partial charge in [0.2, 0.25) is 29.5 Å². The van der Waals surface area contributed by atoms with Crippen LogP contribution < -0.4 is 16.0 Å². The summed E-state index contributed by atoms with van der Waals surface area (Å²) < 4.78 is 0. The zero-order chi connectivity index (χ0) is 25.9. The minimum atomic E-state index is -0.647. The maximum absolute atomic E-state index is 11.9. The summed E-state index contributed by atoms with van der Waals surface area (Å²) in [5.41, 5.74) is 0. The number of hydrogen-bond donors (Lipinski definition) is 6. The van der Waals surface area contributed by atoms with Gasteiger partial charge in [-0.15, -0.1) is 0 Å². The maximum Gasteiger partial charge on any atom is 0.246 e. The highest BCUT2D eigenvalue weighted by molar-refractivity contribution is 5.83. The van der Waals surface area contributed by atoms with Crippen LogP contribution in [0.3, 0.4) is 0 Å². The number of rotatable bonds is 18. The smallest absolute Gasteiger partial charge is 0.246 e. The molecule has 5 amide bonds. The molecule has 0 radical (unpaired) electrons. The van der Waals surface area contributed by atoms with Crippen molar-refractivity contribution in [1.29, 1.82) is 0 Å². The monoisotopic (exact) mass is 490 g/mol. The van der Waals surface area contributed by atoms with Gasteiger partial charge in [0.15, 0.2) is 0 Å². The van der Waals surface area contributed by atoms with Gasteiger partial charge in [0, 0.05) is 52.2 Å². The van der Waals surface area contributed by atoms with Crippen molar-refractivity contribution in [1.82, 2.24) is 31.1 Å². The van der Waals surface area contributed by atoms with Crippen LogP contribution in [-0.4, -0.2) is 107 Å². The maximum atomic E-state index is 11.9. The van der Waals surface area contributed by atoms with Gasteiger partial charge in [0.05, 0.1) is 13.1 Å². The van der Waals surface area contributed by atoms with Gasteiger partial charge < -0.3 is 16.0 Å². The van der Waals surface area contributed by atoms with Crippen molar-refractivity contribution in [3.63, 3.8) is 0 Å². The molecule has 0 atom stereocenters. The van der Waals surface area contributed by atoms with Crippen LogP contribution in [0.15, 0.2) is 0 Å². The molecule has 0 aromatic rings. The first-order valence-corrected chi connectivity index (χ1v) is 11.2. The van der Waals surface area contributed by atoms with Crippen LogP contribution in [0.4, 0.5) is 0 Å². The van der Waals surface area contributed by atoms with Gasteiger partial charge in [-0.05, 0) is 32.9 Å². The molecule has 34 heavy (non-hydrogen) atoms. The lowest BCUT2D eigenvalue weighted by atomic mass is 10.2. The summed E-state index contributed by atoms with van der Waals surface area (Å²) in [5.74, 6) is -2.49. The van der Waals surface area contributed by atoms with Gasteiger partial charge in [-0.25, -0.2) is 15.2 Å². The molecule has 0 aliphatic heterocycles. The van der Waals surface area contributed by atoms with Crippen LogP contribution >= 0.6 is 0 Å². The van der Waals surface area contributed by atoms with Crippen molar-refractivity contribution in [3.8, 4) is 0 Å². The molecule has 0 aromatic carbocycles. The van der Waals surface area contributed by atoms with E-state index in [2.05, 4.69) is 16.0 Å². The summed E-state index contributed by atoms with van der Waals surface area (Å²) in [6, 6.07) is 0. The fraction of sp³-hybridized carbons (Fsp3) is 0.750. The molecule has 6 N–H and O–H groups in total. The number of nitrogens with zero attached hydrogens (tertiary/aromatic N) is 3. The molecule has 14 heteroatoms. The van der Waals surface area contributed by atoms with E-state index in [0.717, 1.165) is 0 Å². The van der Waals surface area contributed by atoms with Crippen molar-refractivity contribution in [2.24, 2.45) is 0 Å². The topological polar surface area (TPSA) is 192 Å². The molecule has 14 nitrogen and oxygen atoms in total. The lowest BCUT2D eigenvalue weighted by Gasteiger charge is -2.16. The Labute approximate surface area is 199 Å². The zero-order valence-corrected chi connectivity index (χ0v) is 19.9. The summed E-state index contributed by atoms with van der Waals surface area (Å²) >= 11 is 0. The Hall–Kier alpha value is -2.81. The molecule has 0 bridgehead atoms. The second kappa shape index (κ2) is 18.6. The first kappa shape index (κ1) is 31.2. The molecule has 0 saturated carbocycles. The van der Waals surface area contributed by atoms with E-state index in [4.69, 9.17) is 0 Å². The van der Waals surface area contributed by atoms with Crippen LogP contribution in [0.1, 0.15) is 51.9 Å². The Morgan fingerprint density at radius 2 is 1.00 bits per heavy atom. The van der Waals surface area contributed by atoms with Crippen molar-refractivity contribution in [3.05, 3.63) is 0 Å².